The number of pyridine rings is 1. The average Bonchev–Trinajstić information content (AvgIpc) is 2.41. The summed E-state index contributed by atoms with van der Waals surface area (Å²) in [7, 11) is 0. The van der Waals surface area contributed by atoms with Crippen molar-refractivity contribution in [1.29, 1.82) is 0 Å². The normalized spacial score (nSPS) is 21.4. The number of non-ortho nitro benzene ring substituents is 1. The zero-order chi connectivity index (χ0) is 14.1. The Balaban J connectivity index is 1.77. The molecule has 0 radical (unpaired) electrons. The van der Waals surface area contributed by atoms with E-state index in [1.165, 1.54) is 12.1 Å². The van der Waals surface area contributed by atoms with E-state index in [9.17, 15) is 10.1 Å². The Morgan fingerprint density at radius 2 is 2.15 bits per heavy atom. The molecule has 1 aromatic heterocycles. The van der Waals surface area contributed by atoms with Crippen LogP contribution in [0.25, 0.3) is 10.9 Å². The third-order valence-electron chi connectivity index (χ3n) is 3.67. The van der Waals surface area contributed by atoms with Crippen molar-refractivity contribution in [2.45, 2.75) is 18.9 Å². The smallest absolute Gasteiger partial charge is 0.270 e. The van der Waals surface area contributed by atoms with Gasteiger partial charge in [0.1, 0.15) is 6.10 Å². The second-order valence-electron chi connectivity index (χ2n) is 5.10. The minimum absolute atomic E-state index is 0.0674. The van der Waals surface area contributed by atoms with E-state index in [0.29, 0.717) is 23.9 Å². The van der Waals surface area contributed by atoms with Gasteiger partial charge in [-0.15, -0.1) is 0 Å². The van der Waals surface area contributed by atoms with Crippen LogP contribution >= 0.6 is 0 Å². The molecule has 1 saturated carbocycles. The molecule has 1 heterocycles. The maximum Gasteiger partial charge on any atom is 0.270 e. The Hall–Kier alpha value is -2.21. The van der Waals surface area contributed by atoms with E-state index in [4.69, 9.17) is 10.5 Å². The molecule has 3 rings (SSSR count). The van der Waals surface area contributed by atoms with Crippen molar-refractivity contribution in [2.75, 3.05) is 6.54 Å². The van der Waals surface area contributed by atoms with Gasteiger partial charge in [-0.1, -0.05) is 0 Å². The van der Waals surface area contributed by atoms with E-state index in [1.54, 1.807) is 18.2 Å². The van der Waals surface area contributed by atoms with E-state index in [-0.39, 0.29) is 11.8 Å². The van der Waals surface area contributed by atoms with Crippen molar-refractivity contribution in [1.82, 2.24) is 4.98 Å². The summed E-state index contributed by atoms with van der Waals surface area (Å²) >= 11 is 0. The fourth-order valence-electron chi connectivity index (χ4n) is 2.41. The molecule has 6 heteroatoms. The zero-order valence-electron chi connectivity index (χ0n) is 10.9. The van der Waals surface area contributed by atoms with Crippen LogP contribution in [0.15, 0.2) is 30.3 Å². The molecule has 0 saturated heterocycles. The first-order valence-electron chi connectivity index (χ1n) is 6.57. The lowest BCUT2D eigenvalue weighted by atomic mass is 9.82. The van der Waals surface area contributed by atoms with Gasteiger partial charge in [0.25, 0.3) is 5.69 Å². The molecule has 0 amide bonds. The van der Waals surface area contributed by atoms with Crippen molar-refractivity contribution in [2.24, 2.45) is 11.7 Å². The summed E-state index contributed by atoms with van der Waals surface area (Å²) in [6.45, 7) is 0.703. The standard InChI is InChI=1S/C14H15N3O3/c15-8-9-5-12(6-9)20-14-4-1-10-7-11(17(18)19)2-3-13(10)16-14/h1-4,7,9,12H,5-6,8,15H2. The van der Waals surface area contributed by atoms with Crippen LogP contribution in [0.3, 0.4) is 0 Å². The van der Waals surface area contributed by atoms with Gasteiger partial charge >= 0.3 is 0 Å². The predicted molar refractivity (Wildman–Crippen MR) is 74.6 cm³/mol. The molecule has 6 nitrogen and oxygen atoms in total. The van der Waals surface area contributed by atoms with Gasteiger partial charge < -0.3 is 10.5 Å². The summed E-state index contributed by atoms with van der Waals surface area (Å²) in [5.41, 5.74) is 6.34. The predicted octanol–water partition coefficient (Wildman–Crippen LogP) is 2.26. The fourth-order valence-corrected chi connectivity index (χ4v) is 2.41. The van der Waals surface area contributed by atoms with Crippen LogP contribution in [0.4, 0.5) is 5.69 Å². The minimum Gasteiger partial charge on any atom is -0.474 e. The van der Waals surface area contributed by atoms with E-state index in [2.05, 4.69) is 4.98 Å². The summed E-state index contributed by atoms with van der Waals surface area (Å²) in [5, 5.41) is 11.4. The lowest BCUT2D eigenvalue weighted by Crippen LogP contribution is -2.37. The number of nitrogens with two attached hydrogens (primary N) is 1. The Morgan fingerprint density at radius 3 is 2.85 bits per heavy atom. The Kier molecular flexibility index (Phi) is 3.23. The summed E-state index contributed by atoms with van der Waals surface area (Å²) in [6, 6.07) is 8.15. The number of nitro groups is 1. The molecule has 2 aromatic rings. The van der Waals surface area contributed by atoms with E-state index in [1.807, 2.05) is 0 Å². The second-order valence-corrected chi connectivity index (χ2v) is 5.10. The van der Waals surface area contributed by atoms with Gasteiger partial charge in [0.15, 0.2) is 0 Å². The Bertz CT molecular complexity index is 653. The maximum atomic E-state index is 10.7. The van der Waals surface area contributed by atoms with Gasteiger partial charge in [-0.25, -0.2) is 4.98 Å². The summed E-state index contributed by atoms with van der Waals surface area (Å²) < 4.78 is 5.77. The number of fused-ring (bicyclic) bond motifs is 1. The molecule has 0 atom stereocenters. The number of rotatable bonds is 4. The topological polar surface area (TPSA) is 91.3 Å². The number of ether oxygens (including phenoxy) is 1. The highest BCUT2D eigenvalue weighted by Gasteiger charge is 2.29. The third-order valence-corrected chi connectivity index (χ3v) is 3.67. The maximum absolute atomic E-state index is 10.7. The quantitative estimate of drug-likeness (QED) is 0.681. The Morgan fingerprint density at radius 1 is 1.35 bits per heavy atom. The number of hydrogen-bond acceptors (Lipinski definition) is 5. The Labute approximate surface area is 115 Å². The van der Waals surface area contributed by atoms with Crippen molar-refractivity contribution in [3.05, 3.63) is 40.4 Å². The van der Waals surface area contributed by atoms with Crippen LogP contribution in [0.2, 0.25) is 0 Å². The van der Waals surface area contributed by atoms with Gasteiger partial charge in [0.2, 0.25) is 5.88 Å². The molecule has 20 heavy (non-hydrogen) atoms. The van der Waals surface area contributed by atoms with Crippen molar-refractivity contribution < 1.29 is 9.66 Å². The minimum atomic E-state index is -0.412. The highest BCUT2D eigenvalue weighted by atomic mass is 16.6. The second kappa shape index (κ2) is 5.05. The molecule has 0 bridgehead atoms. The lowest BCUT2D eigenvalue weighted by Gasteiger charge is -2.34. The van der Waals surface area contributed by atoms with Crippen LogP contribution < -0.4 is 10.5 Å². The third kappa shape index (κ3) is 2.42. The largest absolute Gasteiger partial charge is 0.474 e. The highest BCUT2D eigenvalue weighted by molar-refractivity contribution is 5.81. The SMILES string of the molecule is NCC1CC(Oc2ccc3cc([N+](=O)[O-])ccc3n2)C1. The van der Waals surface area contributed by atoms with Crippen LogP contribution in [-0.4, -0.2) is 22.6 Å². The molecule has 0 aliphatic heterocycles. The number of benzene rings is 1. The van der Waals surface area contributed by atoms with Gasteiger partial charge in [-0.3, -0.25) is 10.1 Å². The summed E-state index contributed by atoms with van der Waals surface area (Å²) in [5.74, 6) is 1.12. The van der Waals surface area contributed by atoms with Crippen LogP contribution in [0.1, 0.15) is 12.8 Å². The molecule has 1 aliphatic carbocycles. The van der Waals surface area contributed by atoms with Gasteiger partial charge in [0.05, 0.1) is 10.4 Å². The molecule has 2 N–H and O–H groups in total. The van der Waals surface area contributed by atoms with Crippen LogP contribution in [0, 0.1) is 16.0 Å². The molecule has 1 aromatic carbocycles. The van der Waals surface area contributed by atoms with Gasteiger partial charge in [-0.05, 0) is 37.4 Å². The van der Waals surface area contributed by atoms with E-state index >= 15 is 0 Å². The van der Waals surface area contributed by atoms with E-state index < -0.39 is 4.92 Å². The average molecular weight is 273 g/mol. The molecule has 0 spiro atoms. The van der Waals surface area contributed by atoms with Crippen molar-refractivity contribution in [3.63, 3.8) is 0 Å². The molecule has 1 fully saturated rings. The highest BCUT2D eigenvalue weighted by Crippen LogP contribution is 2.30. The summed E-state index contributed by atoms with van der Waals surface area (Å²) in [4.78, 5) is 14.7. The fraction of sp³-hybridized carbons (Fsp3) is 0.357. The van der Waals surface area contributed by atoms with Crippen molar-refractivity contribution >= 4 is 16.6 Å². The molecule has 104 valence electrons. The van der Waals surface area contributed by atoms with E-state index in [0.717, 1.165) is 18.2 Å². The summed E-state index contributed by atoms with van der Waals surface area (Å²) in [6.07, 6.45) is 2.12. The molecule has 0 unspecified atom stereocenters. The van der Waals surface area contributed by atoms with Gasteiger partial charge in [0, 0.05) is 23.6 Å². The van der Waals surface area contributed by atoms with Crippen LogP contribution in [-0.2, 0) is 0 Å². The lowest BCUT2D eigenvalue weighted by molar-refractivity contribution is -0.384. The first kappa shape index (κ1) is 12.8. The van der Waals surface area contributed by atoms with Gasteiger partial charge in [-0.2, -0.15) is 0 Å². The first-order valence-corrected chi connectivity index (χ1v) is 6.57. The van der Waals surface area contributed by atoms with Crippen molar-refractivity contribution in [3.8, 4) is 5.88 Å². The number of hydrogen-bond donors (Lipinski definition) is 1. The zero-order valence-corrected chi connectivity index (χ0v) is 10.9. The van der Waals surface area contributed by atoms with Crippen LogP contribution in [0.5, 0.6) is 5.88 Å². The number of aromatic nitrogens is 1. The number of nitro benzene ring substituents is 1. The monoisotopic (exact) mass is 273 g/mol. The molecular weight excluding hydrogens is 258 g/mol. The first-order chi connectivity index (χ1) is 9.65. The number of nitrogens with zero attached hydrogens (tertiary/aromatic N) is 2. The molecular formula is C14H15N3O3. The molecule has 1 aliphatic rings.